The molecule has 2 aliphatic rings. The van der Waals surface area contributed by atoms with E-state index in [4.69, 9.17) is 0 Å². The number of rotatable bonds is 4. The Morgan fingerprint density at radius 1 is 0.933 bits per heavy atom. The van der Waals surface area contributed by atoms with Crippen LogP contribution in [0.15, 0.2) is 53.2 Å². The van der Waals surface area contributed by atoms with E-state index in [9.17, 15) is 14.4 Å². The summed E-state index contributed by atoms with van der Waals surface area (Å²) in [7, 11) is 0. The van der Waals surface area contributed by atoms with Crippen LogP contribution in [0.25, 0.3) is 0 Å². The van der Waals surface area contributed by atoms with Crippen LogP contribution in [0.1, 0.15) is 50.1 Å². The van der Waals surface area contributed by atoms with E-state index < -0.39 is 0 Å². The molecule has 1 saturated heterocycles. The molecule has 0 N–H and O–H groups in total. The third-order valence-corrected chi connectivity index (χ3v) is 7.66. The average Bonchev–Trinajstić information content (AvgIpc) is 3.51. The molecule has 0 spiro atoms. The van der Waals surface area contributed by atoms with Crippen molar-refractivity contribution < 1.29 is 14.4 Å². The maximum absolute atomic E-state index is 13.4. The van der Waals surface area contributed by atoms with Gasteiger partial charge >= 0.3 is 0 Å². The summed E-state index contributed by atoms with van der Waals surface area (Å²) in [6, 6.07) is 13.5. The third kappa shape index (κ3) is 3.38. The predicted octanol–water partition coefficient (Wildman–Crippen LogP) is 4.25. The van der Waals surface area contributed by atoms with E-state index in [0.29, 0.717) is 24.9 Å². The van der Waals surface area contributed by atoms with Crippen molar-refractivity contribution in [3.8, 4) is 0 Å². The molecular weight excluding hydrogens is 416 g/mol. The van der Waals surface area contributed by atoms with Crippen LogP contribution in [0, 0.1) is 0 Å². The number of fused-ring (bicyclic) bond motifs is 1. The van der Waals surface area contributed by atoms with Gasteiger partial charge in [0.1, 0.15) is 0 Å². The molecule has 2 aliphatic heterocycles. The maximum Gasteiger partial charge on any atom is 0.254 e. The zero-order chi connectivity index (χ0) is 20.7. The van der Waals surface area contributed by atoms with Gasteiger partial charge in [-0.25, -0.2) is 0 Å². The second kappa shape index (κ2) is 7.81. The monoisotopic (exact) mass is 436 g/mol. The number of likely N-dealkylation sites (tertiary alicyclic amines) is 1. The summed E-state index contributed by atoms with van der Waals surface area (Å²) in [4.78, 5) is 42.9. The van der Waals surface area contributed by atoms with Crippen molar-refractivity contribution in [2.24, 2.45) is 0 Å². The summed E-state index contributed by atoms with van der Waals surface area (Å²) >= 11 is 3.43. The summed E-state index contributed by atoms with van der Waals surface area (Å²) in [6.45, 7) is 0.958. The first-order valence-corrected chi connectivity index (χ1v) is 11.7. The molecule has 0 bridgehead atoms. The molecule has 4 heterocycles. The topological polar surface area (TPSA) is 57.7 Å². The smallest absolute Gasteiger partial charge is 0.254 e. The van der Waals surface area contributed by atoms with Gasteiger partial charge in [-0.05, 0) is 52.6 Å². The molecule has 3 aromatic rings. The zero-order valence-electron chi connectivity index (χ0n) is 16.2. The van der Waals surface area contributed by atoms with Crippen LogP contribution in [0.2, 0.25) is 0 Å². The highest BCUT2D eigenvalue weighted by atomic mass is 32.1. The van der Waals surface area contributed by atoms with Gasteiger partial charge in [0.05, 0.1) is 12.6 Å². The Morgan fingerprint density at radius 3 is 2.40 bits per heavy atom. The number of nitrogens with zero attached hydrogens (tertiary/aromatic N) is 2. The second-order valence-corrected chi connectivity index (χ2v) is 9.52. The predicted molar refractivity (Wildman–Crippen MR) is 116 cm³/mol. The lowest BCUT2D eigenvalue weighted by molar-refractivity contribution is -0.139. The van der Waals surface area contributed by atoms with Gasteiger partial charge in [-0.15, -0.1) is 22.7 Å². The standard InChI is InChI=1S/C23H20N2O3S2/c26-20-7-8-21(27)25(20)14-15-3-5-16(6-4-15)23(28)24-11-9-18-17(10-13-30-18)22(24)19-2-1-12-29-19/h1-6,10,12-13,22H,7-9,11,14H2. The van der Waals surface area contributed by atoms with E-state index in [1.807, 2.05) is 28.5 Å². The SMILES string of the molecule is O=C1CCC(=O)N1Cc1ccc(C(=O)N2CCc3sccc3C2c2cccs2)cc1. The van der Waals surface area contributed by atoms with Crippen molar-refractivity contribution in [3.63, 3.8) is 0 Å². The number of hydrogen-bond donors (Lipinski definition) is 0. The van der Waals surface area contributed by atoms with E-state index in [1.54, 1.807) is 34.8 Å². The van der Waals surface area contributed by atoms with Crippen molar-refractivity contribution in [2.75, 3.05) is 6.54 Å². The molecular formula is C23H20N2O3S2. The quantitative estimate of drug-likeness (QED) is 0.575. The minimum absolute atomic E-state index is 0.00475. The highest BCUT2D eigenvalue weighted by molar-refractivity contribution is 7.10. The molecule has 0 aliphatic carbocycles. The van der Waals surface area contributed by atoms with Crippen molar-refractivity contribution in [1.29, 1.82) is 0 Å². The summed E-state index contributed by atoms with van der Waals surface area (Å²) in [5.41, 5.74) is 2.70. The van der Waals surface area contributed by atoms with E-state index >= 15 is 0 Å². The number of thiophene rings is 2. The lowest BCUT2D eigenvalue weighted by atomic mass is 9.97. The van der Waals surface area contributed by atoms with Crippen molar-refractivity contribution >= 4 is 40.4 Å². The van der Waals surface area contributed by atoms with Crippen LogP contribution in [0.5, 0.6) is 0 Å². The summed E-state index contributed by atoms with van der Waals surface area (Å²) < 4.78 is 0. The summed E-state index contributed by atoms with van der Waals surface area (Å²) in [5, 5.41) is 4.16. The van der Waals surface area contributed by atoms with E-state index in [2.05, 4.69) is 17.5 Å². The number of benzene rings is 1. The number of imide groups is 1. The molecule has 1 aromatic carbocycles. The number of carbonyl (C=O) groups excluding carboxylic acids is 3. The Labute approximate surface area is 182 Å². The van der Waals surface area contributed by atoms with Gasteiger partial charge in [0.2, 0.25) is 11.8 Å². The van der Waals surface area contributed by atoms with Crippen molar-refractivity contribution in [1.82, 2.24) is 9.80 Å². The van der Waals surface area contributed by atoms with Gasteiger partial charge < -0.3 is 4.90 Å². The van der Waals surface area contributed by atoms with E-state index in [-0.39, 0.29) is 30.3 Å². The largest absolute Gasteiger partial charge is 0.326 e. The van der Waals surface area contributed by atoms with Gasteiger partial charge in [-0.1, -0.05) is 18.2 Å². The minimum atomic E-state index is -0.126. The van der Waals surface area contributed by atoms with Gasteiger partial charge in [0.25, 0.3) is 5.91 Å². The first-order chi connectivity index (χ1) is 14.6. The molecule has 3 amide bonds. The van der Waals surface area contributed by atoms with Gasteiger partial charge in [0.15, 0.2) is 0 Å². The summed E-state index contributed by atoms with van der Waals surface area (Å²) in [5.74, 6) is -0.247. The fourth-order valence-corrected chi connectivity index (χ4v) is 5.95. The van der Waals surface area contributed by atoms with Gasteiger partial charge in [0, 0.05) is 34.7 Å². The fraction of sp³-hybridized carbons (Fsp3) is 0.261. The van der Waals surface area contributed by atoms with Gasteiger partial charge in [-0.3, -0.25) is 19.3 Å². The van der Waals surface area contributed by atoms with E-state index in [1.165, 1.54) is 20.2 Å². The average molecular weight is 437 g/mol. The highest BCUT2D eigenvalue weighted by Gasteiger charge is 2.34. The van der Waals surface area contributed by atoms with Crippen LogP contribution >= 0.6 is 22.7 Å². The number of hydrogen-bond acceptors (Lipinski definition) is 5. The zero-order valence-corrected chi connectivity index (χ0v) is 17.9. The molecule has 0 saturated carbocycles. The lowest BCUT2D eigenvalue weighted by Gasteiger charge is -2.35. The Morgan fingerprint density at radius 2 is 1.70 bits per heavy atom. The van der Waals surface area contributed by atoms with E-state index in [0.717, 1.165) is 12.0 Å². The Kier molecular flexibility index (Phi) is 5.00. The molecule has 152 valence electrons. The molecule has 5 rings (SSSR count). The summed E-state index contributed by atoms with van der Waals surface area (Å²) in [6.07, 6.45) is 1.45. The Hall–Kier alpha value is -2.77. The maximum atomic E-state index is 13.4. The van der Waals surface area contributed by atoms with Crippen LogP contribution in [0.4, 0.5) is 0 Å². The molecule has 1 fully saturated rings. The molecule has 1 unspecified atom stereocenters. The first-order valence-electron chi connectivity index (χ1n) is 9.94. The molecule has 5 nitrogen and oxygen atoms in total. The minimum Gasteiger partial charge on any atom is -0.326 e. The third-order valence-electron chi connectivity index (χ3n) is 5.74. The van der Waals surface area contributed by atoms with Crippen LogP contribution in [0.3, 0.4) is 0 Å². The molecule has 1 atom stereocenters. The fourth-order valence-electron chi connectivity index (χ4n) is 4.19. The molecule has 0 radical (unpaired) electrons. The van der Waals surface area contributed by atoms with Crippen LogP contribution < -0.4 is 0 Å². The van der Waals surface area contributed by atoms with Crippen LogP contribution in [-0.2, 0) is 22.6 Å². The second-order valence-electron chi connectivity index (χ2n) is 7.54. The molecule has 30 heavy (non-hydrogen) atoms. The van der Waals surface area contributed by atoms with Crippen molar-refractivity contribution in [2.45, 2.75) is 31.8 Å². The normalized spacial score (nSPS) is 18.7. The molecule has 2 aromatic heterocycles. The van der Waals surface area contributed by atoms with Gasteiger partial charge in [-0.2, -0.15) is 0 Å². The number of amides is 3. The first kappa shape index (κ1) is 19.2. The molecule has 7 heteroatoms. The lowest BCUT2D eigenvalue weighted by Crippen LogP contribution is -2.39. The Balaban J connectivity index is 1.39. The van der Waals surface area contributed by atoms with Crippen molar-refractivity contribution in [3.05, 3.63) is 79.7 Å². The number of carbonyl (C=O) groups is 3. The highest BCUT2D eigenvalue weighted by Crippen LogP contribution is 2.40. The van der Waals surface area contributed by atoms with Crippen LogP contribution in [-0.4, -0.2) is 34.1 Å². The Bertz CT molecular complexity index is 1090.